The van der Waals surface area contributed by atoms with Crippen molar-refractivity contribution in [2.75, 3.05) is 6.61 Å². The molecule has 1 aromatic rings. The summed E-state index contributed by atoms with van der Waals surface area (Å²) in [5.41, 5.74) is 2.06. The first-order valence-corrected chi connectivity index (χ1v) is 7.11. The van der Waals surface area contributed by atoms with Crippen LogP contribution in [0.4, 0.5) is 0 Å². The van der Waals surface area contributed by atoms with Gasteiger partial charge in [0.05, 0.1) is 0 Å². The molecule has 1 aliphatic carbocycles. The monoisotopic (exact) mass is 557 g/mol. The topological polar surface area (TPSA) is 75.6 Å². The summed E-state index contributed by atoms with van der Waals surface area (Å²) in [6.45, 7) is 0.559. The zero-order valence-electron chi connectivity index (χ0n) is 12.4. The van der Waals surface area contributed by atoms with E-state index in [4.69, 9.17) is 9.84 Å². The number of nitrogens with one attached hydrogen (secondary N) is 1. The second kappa shape index (κ2) is 8.67. The molecule has 0 saturated carbocycles. The predicted octanol–water partition coefficient (Wildman–Crippen LogP) is 1.99. The van der Waals surface area contributed by atoms with Crippen LogP contribution < -0.4 is 10.1 Å². The number of rotatable bonds is 8. The normalized spacial score (nSPS) is 14.2. The van der Waals surface area contributed by atoms with Crippen LogP contribution in [0.3, 0.4) is 0 Å². The second-order valence-electron chi connectivity index (χ2n) is 5.07. The fraction of sp³-hybridized carbons (Fsp3) is 0.294. The first kappa shape index (κ1) is 17.5. The molecule has 0 spiro atoms. The summed E-state index contributed by atoms with van der Waals surface area (Å²) in [4.78, 5) is 21.2. The third kappa shape index (κ3) is 5.38. The third-order valence-corrected chi connectivity index (χ3v) is 3.42. The minimum Gasteiger partial charge on any atom is -0.520 e. The predicted molar refractivity (Wildman–Crippen MR) is 82.4 cm³/mol. The van der Waals surface area contributed by atoms with Crippen molar-refractivity contribution in [2.45, 2.75) is 25.3 Å². The smallest absolute Gasteiger partial charge is 0.323 e. The fourth-order valence-electron chi connectivity index (χ4n) is 2.18. The van der Waals surface area contributed by atoms with E-state index in [1.807, 2.05) is 6.08 Å². The van der Waals surface area contributed by atoms with Crippen LogP contribution in [0.5, 0.6) is 5.75 Å². The second-order valence-corrected chi connectivity index (χ2v) is 5.07. The van der Waals surface area contributed by atoms with Crippen LogP contribution in [0.15, 0.2) is 48.1 Å². The number of aliphatic carboxylic acids is 1. The van der Waals surface area contributed by atoms with Crippen molar-refractivity contribution in [1.29, 1.82) is 0 Å². The number of allylic oxidation sites excluding steroid dienone is 3. The first-order chi connectivity index (χ1) is 10.7. The Balaban J connectivity index is 0.00000264. The molecule has 0 bridgehead atoms. The molecule has 0 radical (unpaired) electrons. The van der Waals surface area contributed by atoms with Gasteiger partial charge in [0.1, 0.15) is 18.4 Å². The van der Waals surface area contributed by atoms with Gasteiger partial charge in [-0.2, -0.15) is 6.41 Å². The number of carbonyl (C=O) groups excluding carboxylic acids is 1. The summed E-state index contributed by atoms with van der Waals surface area (Å²) in [7, 11) is 0. The molecule has 1 aromatic carbocycles. The van der Waals surface area contributed by atoms with Gasteiger partial charge in [-0.05, 0) is 36.1 Å². The van der Waals surface area contributed by atoms with E-state index in [2.05, 4.69) is 17.5 Å². The van der Waals surface area contributed by atoms with E-state index in [9.17, 15) is 9.59 Å². The molecule has 0 fully saturated rings. The minimum atomic E-state index is -1.08. The maximum absolute atomic E-state index is 11.0. The van der Waals surface area contributed by atoms with Crippen molar-refractivity contribution in [2.24, 2.45) is 0 Å². The Morgan fingerprint density at radius 1 is 1.35 bits per heavy atom. The fourth-order valence-corrected chi connectivity index (χ4v) is 2.18. The standard InChI is InChI=1S/C17H18NO4.Fm/c19-12-18-16(17(20)21)10-13-6-8-15(9-7-13)22-11-14-4-2-1-3-5-14;/h1-2,4,6-9,16H,3,5,10-11H2,(H,18,19)(H,20,21);/q-1;/t16-;/m0./s1. The summed E-state index contributed by atoms with van der Waals surface area (Å²) in [6, 6.07) is 6.24. The van der Waals surface area contributed by atoms with Crippen molar-refractivity contribution < 1.29 is 19.4 Å². The molecule has 0 saturated heterocycles. The van der Waals surface area contributed by atoms with Crippen LogP contribution in [0.25, 0.3) is 0 Å². The van der Waals surface area contributed by atoms with E-state index in [-0.39, 0.29) is 6.42 Å². The van der Waals surface area contributed by atoms with Crippen LogP contribution in [0, 0.1) is 0 Å². The van der Waals surface area contributed by atoms with E-state index < -0.39 is 12.0 Å². The van der Waals surface area contributed by atoms with E-state index in [0.717, 1.165) is 24.2 Å². The quantitative estimate of drug-likeness (QED) is 0.379. The molecular weight excluding hydrogens is 539 g/mol. The summed E-state index contributed by atoms with van der Waals surface area (Å²) in [6.07, 6.45) is 9.92. The van der Waals surface area contributed by atoms with E-state index in [1.165, 1.54) is 12.0 Å². The van der Waals surface area contributed by atoms with E-state index in [1.54, 1.807) is 24.3 Å². The Bertz CT molecular complexity index is 581. The number of carboxylic acid groups (broad SMARTS) is 1. The van der Waals surface area contributed by atoms with Gasteiger partial charge in [0.25, 0.3) is 0 Å². The maximum Gasteiger partial charge on any atom is 0.323 e. The summed E-state index contributed by atoms with van der Waals surface area (Å²) >= 11 is 0. The molecule has 1 aliphatic rings. The van der Waals surface area contributed by atoms with Gasteiger partial charge in [-0.15, -0.1) is 0 Å². The molecule has 0 unspecified atom stereocenters. The maximum atomic E-state index is 11.0. The van der Waals surface area contributed by atoms with Crippen molar-refractivity contribution in [3.63, 3.8) is 0 Å². The van der Waals surface area contributed by atoms with Crippen LogP contribution in [0.1, 0.15) is 18.4 Å². The zero-order valence-corrected chi connectivity index (χ0v) is 14.8. The molecule has 6 heteroatoms. The number of hydrogen-bond acceptors (Lipinski definition) is 3. The molecule has 0 aromatic heterocycles. The summed E-state index contributed by atoms with van der Waals surface area (Å²) < 4.78 is 5.70. The molecule has 23 heavy (non-hydrogen) atoms. The van der Waals surface area contributed by atoms with Gasteiger partial charge in [-0.25, -0.2) is 0 Å². The number of ether oxygens (including phenoxy) is 1. The van der Waals surface area contributed by atoms with Crippen LogP contribution >= 0.6 is 0 Å². The largest absolute Gasteiger partial charge is 0.520 e. The average molecular weight is 557 g/mol. The van der Waals surface area contributed by atoms with Crippen LogP contribution in [0.2, 0.25) is 0 Å². The van der Waals surface area contributed by atoms with E-state index in [0.29, 0.717) is 6.61 Å². The van der Waals surface area contributed by atoms with Gasteiger partial charge in [0, 0.05) is 6.42 Å². The number of carboxylic acids is 1. The minimum absolute atomic E-state index is 0. The van der Waals surface area contributed by atoms with Crippen molar-refractivity contribution in [1.82, 2.24) is 5.32 Å². The Morgan fingerprint density at radius 2 is 2.09 bits per heavy atom. The van der Waals surface area contributed by atoms with Gasteiger partial charge in [-0.3, -0.25) is 4.79 Å². The van der Waals surface area contributed by atoms with Gasteiger partial charge in [-0.1, -0.05) is 30.4 Å². The zero-order chi connectivity index (χ0) is 15.8. The van der Waals surface area contributed by atoms with Crippen molar-refractivity contribution in [3.05, 3.63) is 53.6 Å². The van der Waals surface area contributed by atoms with Gasteiger partial charge in [0.15, 0.2) is 0 Å². The number of amides is 1. The number of carbonyl (C=O) groups is 1. The SMILES string of the molecule is O=[C-]N[C@@H](Cc1ccc(OCC2=CC=CCC2)cc1)C(=O)O.[Fm]. The molecule has 1 atom stereocenters. The van der Waals surface area contributed by atoms with Crippen molar-refractivity contribution >= 4 is 12.4 Å². The van der Waals surface area contributed by atoms with Crippen molar-refractivity contribution in [3.8, 4) is 5.75 Å². The van der Waals surface area contributed by atoms with Crippen LogP contribution in [-0.4, -0.2) is 30.1 Å². The molecule has 2 rings (SSSR count). The molecule has 128 valence electrons. The Kier molecular flexibility index (Phi) is 6.59. The summed E-state index contributed by atoms with van der Waals surface area (Å²) in [5, 5.41) is 11.1. The molecule has 1 amide bonds. The molecular formula is C17H18FmNO4-. The molecule has 5 nitrogen and oxygen atoms in total. The summed E-state index contributed by atoms with van der Waals surface area (Å²) in [5.74, 6) is -0.345. The molecule has 0 heterocycles. The molecule has 2 N–H and O–H groups in total. The Labute approximate surface area is 129 Å². The van der Waals surface area contributed by atoms with Gasteiger partial charge >= 0.3 is 5.97 Å². The van der Waals surface area contributed by atoms with Gasteiger partial charge in [0.2, 0.25) is 0 Å². The average Bonchev–Trinajstić information content (AvgIpc) is 2.54. The Morgan fingerprint density at radius 3 is 2.65 bits per heavy atom. The third-order valence-electron chi connectivity index (χ3n) is 3.42. The van der Waals surface area contributed by atoms with E-state index >= 15 is 0 Å². The number of hydrogen-bond donors (Lipinski definition) is 2. The number of benzene rings is 1. The Hall–Kier alpha value is -3.56. The van der Waals surface area contributed by atoms with Crippen LogP contribution in [-0.2, 0) is 16.0 Å². The molecule has 0 aliphatic heterocycles. The first-order valence-electron chi connectivity index (χ1n) is 7.11. The van der Waals surface area contributed by atoms with Gasteiger partial charge < -0.3 is 20.0 Å².